The zero-order valence-corrected chi connectivity index (χ0v) is 18.6. The lowest BCUT2D eigenvalue weighted by atomic mass is 10.1. The Morgan fingerprint density at radius 2 is 1.97 bits per heavy atom. The van der Waals surface area contributed by atoms with E-state index in [1.807, 2.05) is 35.0 Å². The summed E-state index contributed by atoms with van der Waals surface area (Å²) in [4.78, 5) is 6.18. The minimum Gasteiger partial charge on any atom is -0.494 e. The molecular weight excluding hydrogens is 425 g/mol. The number of β-amino-alcohol motifs (C(OH)–C–C–N with tert-alkyl or cyclic N) is 1. The Hall–Kier alpha value is -2.94. The van der Waals surface area contributed by atoms with Gasteiger partial charge in [0.25, 0.3) is 0 Å². The van der Waals surface area contributed by atoms with Gasteiger partial charge in [-0.2, -0.15) is 0 Å². The van der Waals surface area contributed by atoms with Crippen LogP contribution in [-0.4, -0.2) is 64.7 Å². The van der Waals surface area contributed by atoms with E-state index in [1.165, 1.54) is 12.1 Å². The average molecular weight is 456 g/mol. The van der Waals surface area contributed by atoms with Crippen LogP contribution < -0.4 is 9.47 Å². The second kappa shape index (κ2) is 11.3. The Morgan fingerprint density at radius 1 is 1.12 bits per heavy atom. The monoisotopic (exact) mass is 455 g/mol. The van der Waals surface area contributed by atoms with Gasteiger partial charge in [-0.05, 0) is 36.2 Å². The summed E-state index contributed by atoms with van der Waals surface area (Å²) >= 11 is 0. The zero-order chi connectivity index (χ0) is 22.9. The Balaban J connectivity index is 1.29. The van der Waals surface area contributed by atoms with E-state index in [0.29, 0.717) is 38.6 Å². The second-order valence-electron chi connectivity index (χ2n) is 8.38. The molecule has 0 spiro atoms. The number of aryl methyl sites for hydroxylation is 1. The maximum absolute atomic E-state index is 13.4. The first-order chi connectivity index (χ1) is 16.1. The third kappa shape index (κ3) is 7.28. The van der Waals surface area contributed by atoms with E-state index < -0.39 is 5.60 Å². The van der Waals surface area contributed by atoms with Gasteiger partial charge in [-0.15, -0.1) is 0 Å². The molecular formula is C25H30FN3O4. The predicted molar refractivity (Wildman–Crippen MR) is 122 cm³/mol. The third-order valence-corrected chi connectivity index (χ3v) is 5.44. The number of nitrogens with zero attached hydrogens (tertiary/aromatic N) is 3. The number of aliphatic hydroxyl groups is 1. The minimum absolute atomic E-state index is 0.0209. The molecule has 0 radical (unpaired) electrons. The lowest BCUT2D eigenvalue weighted by Gasteiger charge is -2.30. The van der Waals surface area contributed by atoms with Crippen molar-refractivity contribution in [3.63, 3.8) is 0 Å². The van der Waals surface area contributed by atoms with Gasteiger partial charge >= 0.3 is 0 Å². The van der Waals surface area contributed by atoms with Crippen LogP contribution >= 0.6 is 0 Å². The Bertz CT molecular complexity index is 1000. The summed E-state index contributed by atoms with van der Waals surface area (Å²) in [5, 5.41) is 11.1. The van der Waals surface area contributed by atoms with Crippen molar-refractivity contribution in [1.29, 1.82) is 0 Å². The number of halogens is 1. The van der Waals surface area contributed by atoms with Gasteiger partial charge in [0.1, 0.15) is 29.5 Å². The molecule has 0 unspecified atom stereocenters. The largest absolute Gasteiger partial charge is 0.494 e. The van der Waals surface area contributed by atoms with Crippen LogP contribution in [0.1, 0.15) is 12.0 Å². The first-order valence-electron chi connectivity index (χ1n) is 11.2. The Morgan fingerprint density at radius 3 is 2.79 bits per heavy atom. The first kappa shape index (κ1) is 23.2. The molecule has 0 aliphatic carbocycles. The van der Waals surface area contributed by atoms with Crippen molar-refractivity contribution >= 4 is 0 Å². The number of rotatable bonds is 10. The van der Waals surface area contributed by atoms with Crippen molar-refractivity contribution < 1.29 is 23.7 Å². The molecule has 1 aliphatic heterocycles. The molecule has 0 amide bonds. The average Bonchev–Trinajstić information content (AvgIpc) is 3.25. The number of aromatic nitrogens is 2. The predicted octanol–water partition coefficient (Wildman–Crippen LogP) is 3.13. The summed E-state index contributed by atoms with van der Waals surface area (Å²) in [5.41, 5.74) is -0.0954. The van der Waals surface area contributed by atoms with E-state index in [-0.39, 0.29) is 19.0 Å². The summed E-state index contributed by atoms with van der Waals surface area (Å²) in [5.74, 6) is 0.841. The highest BCUT2D eigenvalue weighted by Crippen LogP contribution is 2.20. The fourth-order valence-corrected chi connectivity index (χ4v) is 3.84. The fraction of sp³-hybridized carbons (Fsp3) is 0.400. The molecule has 1 atom stereocenters. The van der Waals surface area contributed by atoms with Gasteiger partial charge < -0.3 is 23.9 Å². The molecule has 4 rings (SSSR count). The van der Waals surface area contributed by atoms with Gasteiger partial charge in [0.2, 0.25) is 0 Å². The SMILES string of the molecule is O[C@]1(COc2cccc(F)c2)COCCN(Cc2cccc(OCCCn3ccnc3)c2)C1. The molecule has 7 nitrogen and oxygen atoms in total. The summed E-state index contributed by atoms with van der Waals surface area (Å²) in [7, 11) is 0. The number of hydrogen-bond donors (Lipinski definition) is 1. The van der Waals surface area contributed by atoms with Gasteiger partial charge in [-0.1, -0.05) is 18.2 Å². The van der Waals surface area contributed by atoms with Crippen molar-refractivity contribution in [3.8, 4) is 11.5 Å². The molecule has 176 valence electrons. The highest BCUT2D eigenvalue weighted by molar-refractivity contribution is 5.28. The quantitative estimate of drug-likeness (QED) is 0.474. The molecule has 1 N–H and O–H groups in total. The van der Waals surface area contributed by atoms with Crippen molar-refractivity contribution in [2.45, 2.75) is 25.1 Å². The number of benzene rings is 2. The van der Waals surface area contributed by atoms with E-state index in [0.717, 1.165) is 24.3 Å². The van der Waals surface area contributed by atoms with E-state index in [4.69, 9.17) is 14.2 Å². The molecule has 1 aliphatic rings. The number of hydrogen-bond acceptors (Lipinski definition) is 6. The molecule has 2 heterocycles. The Labute approximate surface area is 193 Å². The summed E-state index contributed by atoms with van der Waals surface area (Å²) in [6.07, 6.45) is 6.40. The van der Waals surface area contributed by atoms with Crippen LogP contribution in [0.4, 0.5) is 4.39 Å². The van der Waals surface area contributed by atoms with Gasteiger partial charge in [-0.3, -0.25) is 4.90 Å². The highest BCUT2D eigenvalue weighted by atomic mass is 19.1. The molecule has 33 heavy (non-hydrogen) atoms. The van der Waals surface area contributed by atoms with Crippen LogP contribution in [0, 0.1) is 5.82 Å². The summed E-state index contributed by atoms with van der Waals surface area (Å²) in [6, 6.07) is 13.9. The minimum atomic E-state index is -1.19. The zero-order valence-electron chi connectivity index (χ0n) is 18.6. The standard InChI is InChI=1S/C25H30FN3O4/c26-22-5-2-7-24(15-22)33-19-25(30)17-29(11-13-31-18-25)16-21-4-1-6-23(14-21)32-12-3-9-28-10-8-27-20-28/h1-2,4-8,10,14-15,20,30H,3,9,11-13,16-19H2/t25-/m0/s1. The van der Waals surface area contributed by atoms with Crippen molar-refractivity contribution in [2.75, 3.05) is 39.5 Å². The van der Waals surface area contributed by atoms with Crippen LogP contribution in [0.5, 0.6) is 11.5 Å². The topological polar surface area (TPSA) is 69.0 Å². The van der Waals surface area contributed by atoms with E-state index >= 15 is 0 Å². The van der Waals surface area contributed by atoms with Crippen molar-refractivity contribution in [3.05, 3.63) is 78.6 Å². The lowest BCUT2D eigenvalue weighted by molar-refractivity contribution is -0.0647. The lowest BCUT2D eigenvalue weighted by Crippen LogP contribution is -2.48. The number of ether oxygens (including phenoxy) is 3. The molecule has 1 fully saturated rings. The van der Waals surface area contributed by atoms with E-state index in [1.54, 1.807) is 24.7 Å². The van der Waals surface area contributed by atoms with Crippen LogP contribution in [0.2, 0.25) is 0 Å². The summed E-state index contributed by atoms with van der Waals surface area (Å²) in [6.45, 7) is 3.92. The van der Waals surface area contributed by atoms with E-state index in [9.17, 15) is 9.50 Å². The molecule has 2 aromatic carbocycles. The van der Waals surface area contributed by atoms with E-state index in [2.05, 4.69) is 9.88 Å². The van der Waals surface area contributed by atoms with Crippen LogP contribution in [0.15, 0.2) is 67.3 Å². The van der Waals surface area contributed by atoms with Gasteiger partial charge in [0, 0.05) is 44.6 Å². The van der Waals surface area contributed by atoms with Crippen LogP contribution in [0.25, 0.3) is 0 Å². The normalized spacial score (nSPS) is 19.2. The highest BCUT2D eigenvalue weighted by Gasteiger charge is 2.33. The Kier molecular flexibility index (Phi) is 7.93. The maximum atomic E-state index is 13.4. The molecule has 8 heteroatoms. The van der Waals surface area contributed by atoms with Gasteiger partial charge in [0.15, 0.2) is 0 Å². The second-order valence-corrected chi connectivity index (χ2v) is 8.38. The van der Waals surface area contributed by atoms with Crippen LogP contribution in [-0.2, 0) is 17.8 Å². The molecule has 3 aromatic rings. The molecule has 1 saturated heterocycles. The smallest absolute Gasteiger partial charge is 0.134 e. The van der Waals surface area contributed by atoms with Crippen molar-refractivity contribution in [2.24, 2.45) is 0 Å². The van der Waals surface area contributed by atoms with Gasteiger partial charge in [0.05, 0.1) is 26.1 Å². The van der Waals surface area contributed by atoms with Crippen molar-refractivity contribution in [1.82, 2.24) is 14.5 Å². The van der Waals surface area contributed by atoms with Crippen LogP contribution in [0.3, 0.4) is 0 Å². The van der Waals surface area contributed by atoms with Gasteiger partial charge in [-0.25, -0.2) is 9.37 Å². The summed E-state index contributed by atoms with van der Waals surface area (Å²) < 4.78 is 32.6. The fourth-order valence-electron chi connectivity index (χ4n) is 3.84. The number of imidazole rings is 1. The first-order valence-corrected chi connectivity index (χ1v) is 11.2. The maximum Gasteiger partial charge on any atom is 0.134 e. The molecule has 0 saturated carbocycles. The third-order valence-electron chi connectivity index (χ3n) is 5.44. The molecule has 1 aromatic heterocycles. The molecule has 0 bridgehead atoms.